The minimum atomic E-state index is 0.340. The lowest BCUT2D eigenvalue weighted by atomic mass is 10.1. The highest BCUT2D eigenvalue weighted by molar-refractivity contribution is 5.78. The van der Waals surface area contributed by atoms with Crippen LogP contribution in [0.3, 0.4) is 0 Å². The van der Waals surface area contributed by atoms with Crippen molar-refractivity contribution in [2.75, 3.05) is 0 Å². The molecule has 18 heavy (non-hydrogen) atoms. The molecule has 0 saturated heterocycles. The largest absolute Gasteiger partial charge is 0.370 e. The van der Waals surface area contributed by atoms with Gasteiger partial charge in [0.2, 0.25) is 5.89 Å². The molecule has 6 heteroatoms. The molecule has 0 radical (unpaired) electrons. The van der Waals surface area contributed by atoms with Gasteiger partial charge in [-0.15, -0.1) is 0 Å². The van der Waals surface area contributed by atoms with E-state index in [4.69, 9.17) is 10.3 Å². The van der Waals surface area contributed by atoms with Gasteiger partial charge in [-0.3, -0.25) is 0 Å². The summed E-state index contributed by atoms with van der Waals surface area (Å²) in [7, 11) is 0. The highest BCUT2D eigenvalue weighted by Crippen LogP contribution is 2.16. The number of rotatable bonds is 3. The number of aromatic nitrogens is 2. The van der Waals surface area contributed by atoms with Gasteiger partial charge in [0.05, 0.1) is 0 Å². The van der Waals surface area contributed by atoms with Gasteiger partial charge >= 0.3 is 0 Å². The van der Waals surface area contributed by atoms with Crippen molar-refractivity contribution in [3.8, 4) is 0 Å². The summed E-state index contributed by atoms with van der Waals surface area (Å²) in [6.07, 6.45) is 7.56. The third-order valence-corrected chi connectivity index (χ3v) is 3.16. The summed E-state index contributed by atoms with van der Waals surface area (Å²) in [6, 6.07) is 0.459. The van der Waals surface area contributed by atoms with E-state index in [0.717, 1.165) is 0 Å². The highest BCUT2D eigenvalue weighted by Gasteiger charge is 2.12. The summed E-state index contributed by atoms with van der Waals surface area (Å²) in [5, 5.41) is 6.98. The molecular formula is C12H21N5O. The second-order valence-electron chi connectivity index (χ2n) is 4.77. The van der Waals surface area contributed by atoms with Gasteiger partial charge in [0, 0.05) is 6.04 Å². The second kappa shape index (κ2) is 6.37. The average Bonchev–Trinajstić information content (AvgIpc) is 2.60. The molecule has 0 spiro atoms. The van der Waals surface area contributed by atoms with Crippen LogP contribution in [0.2, 0.25) is 0 Å². The summed E-state index contributed by atoms with van der Waals surface area (Å²) < 4.78 is 4.97. The number of guanidine groups is 1. The summed E-state index contributed by atoms with van der Waals surface area (Å²) >= 11 is 0. The van der Waals surface area contributed by atoms with E-state index in [0.29, 0.717) is 30.3 Å². The van der Waals surface area contributed by atoms with E-state index in [9.17, 15) is 0 Å². The van der Waals surface area contributed by atoms with Gasteiger partial charge in [-0.1, -0.05) is 30.8 Å². The molecule has 0 bridgehead atoms. The van der Waals surface area contributed by atoms with Crippen LogP contribution in [0.4, 0.5) is 0 Å². The minimum absolute atomic E-state index is 0.340. The molecule has 1 heterocycles. The molecule has 1 fully saturated rings. The van der Waals surface area contributed by atoms with E-state index < -0.39 is 0 Å². The van der Waals surface area contributed by atoms with Gasteiger partial charge in [0.1, 0.15) is 6.54 Å². The Morgan fingerprint density at radius 3 is 2.72 bits per heavy atom. The lowest BCUT2D eigenvalue weighted by molar-refractivity contribution is 0.376. The van der Waals surface area contributed by atoms with Crippen LogP contribution in [0, 0.1) is 6.92 Å². The lowest BCUT2D eigenvalue weighted by Crippen LogP contribution is -2.39. The predicted octanol–water partition coefficient (Wildman–Crippen LogP) is 1.51. The maximum atomic E-state index is 5.86. The predicted molar refractivity (Wildman–Crippen MR) is 69.0 cm³/mol. The van der Waals surface area contributed by atoms with Gasteiger partial charge < -0.3 is 15.6 Å². The third-order valence-electron chi connectivity index (χ3n) is 3.16. The molecule has 0 atom stereocenters. The van der Waals surface area contributed by atoms with E-state index in [1.807, 2.05) is 0 Å². The van der Waals surface area contributed by atoms with E-state index >= 15 is 0 Å². The van der Waals surface area contributed by atoms with Crippen molar-refractivity contribution < 1.29 is 4.52 Å². The van der Waals surface area contributed by atoms with E-state index in [1.165, 1.54) is 38.5 Å². The lowest BCUT2D eigenvalue weighted by Gasteiger charge is -2.16. The second-order valence-corrected chi connectivity index (χ2v) is 4.77. The van der Waals surface area contributed by atoms with Gasteiger partial charge in [-0.05, 0) is 19.8 Å². The van der Waals surface area contributed by atoms with Crippen LogP contribution < -0.4 is 11.1 Å². The molecular weight excluding hydrogens is 230 g/mol. The Kier molecular flexibility index (Phi) is 4.55. The Labute approximate surface area is 107 Å². The summed E-state index contributed by atoms with van der Waals surface area (Å²) in [6.45, 7) is 2.12. The number of aliphatic imine (C=N–C) groups is 1. The van der Waals surface area contributed by atoms with Crippen LogP contribution in [0.15, 0.2) is 9.52 Å². The smallest absolute Gasteiger partial charge is 0.248 e. The monoisotopic (exact) mass is 251 g/mol. The maximum Gasteiger partial charge on any atom is 0.248 e. The number of hydrogen-bond donors (Lipinski definition) is 2. The molecule has 0 aliphatic heterocycles. The zero-order valence-electron chi connectivity index (χ0n) is 10.9. The molecule has 1 aliphatic rings. The molecule has 3 N–H and O–H groups in total. The number of hydrogen-bond acceptors (Lipinski definition) is 4. The van der Waals surface area contributed by atoms with Crippen LogP contribution in [0.1, 0.15) is 50.2 Å². The Morgan fingerprint density at radius 1 is 1.39 bits per heavy atom. The zero-order valence-corrected chi connectivity index (χ0v) is 10.9. The van der Waals surface area contributed by atoms with Gasteiger partial charge in [0.15, 0.2) is 11.8 Å². The fraction of sp³-hybridized carbons (Fsp3) is 0.750. The molecule has 2 rings (SSSR count). The molecule has 6 nitrogen and oxygen atoms in total. The number of nitrogens with one attached hydrogen (secondary N) is 1. The maximum absolute atomic E-state index is 5.86. The summed E-state index contributed by atoms with van der Waals surface area (Å²) in [4.78, 5) is 8.30. The third kappa shape index (κ3) is 4.01. The first kappa shape index (κ1) is 12.9. The summed E-state index contributed by atoms with van der Waals surface area (Å²) in [5.41, 5.74) is 5.86. The standard InChI is InChI=1S/C12H21N5O/c1-9-15-11(18-17-9)8-14-12(13)16-10-6-4-2-3-5-7-10/h10H,2-8H2,1H3,(H3,13,14,16). The van der Waals surface area contributed by atoms with Crippen molar-refractivity contribution in [2.45, 2.75) is 58.0 Å². The fourth-order valence-corrected chi connectivity index (χ4v) is 2.24. The summed E-state index contributed by atoms with van der Waals surface area (Å²) in [5.74, 6) is 1.59. The van der Waals surface area contributed by atoms with Crippen molar-refractivity contribution in [1.82, 2.24) is 15.5 Å². The first-order valence-corrected chi connectivity index (χ1v) is 6.59. The Bertz CT molecular complexity index is 393. The average molecular weight is 251 g/mol. The zero-order chi connectivity index (χ0) is 12.8. The number of nitrogens with zero attached hydrogens (tertiary/aromatic N) is 3. The van der Waals surface area contributed by atoms with Crippen molar-refractivity contribution >= 4 is 5.96 Å². The Morgan fingerprint density at radius 2 is 2.11 bits per heavy atom. The molecule has 100 valence electrons. The SMILES string of the molecule is Cc1noc(CN=C(N)NC2CCCCCC2)n1. The van der Waals surface area contributed by atoms with E-state index in [1.54, 1.807) is 6.92 Å². The molecule has 1 saturated carbocycles. The molecule has 1 aromatic heterocycles. The van der Waals surface area contributed by atoms with Crippen molar-refractivity contribution in [3.05, 3.63) is 11.7 Å². The number of aryl methyl sites for hydroxylation is 1. The van der Waals surface area contributed by atoms with Crippen LogP contribution in [-0.4, -0.2) is 22.1 Å². The first-order chi connectivity index (χ1) is 8.74. The Hall–Kier alpha value is -1.59. The van der Waals surface area contributed by atoms with E-state index in [-0.39, 0.29) is 0 Å². The van der Waals surface area contributed by atoms with Gasteiger partial charge in [0.25, 0.3) is 0 Å². The molecule has 0 unspecified atom stereocenters. The first-order valence-electron chi connectivity index (χ1n) is 6.59. The van der Waals surface area contributed by atoms with Crippen molar-refractivity contribution in [3.63, 3.8) is 0 Å². The minimum Gasteiger partial charge on any atom is -0.370 e. The van der Waals surface area contributed by atoms with Gasteiger partial charge in [-0.25, -0.2) is 4.99 Å². The van der Waals surface area contributed by atoms with Crippen LogP contribution >= 0.6 is 0 Å². The van der Waals surface area contributed by atoms with Crippen LogP contribution in [0.25, 0.3) is 0 Å². The molecule has 1 aromatic rings. The molecule has 0 aromatic carbocycles. The molecule has 1 aliphatic carbocycles. The van der Waals surface area contributed by atoms with Crippen molar-refractivity contribution in [1.29, 1.82) is 0 Å². The normalized spacial score (nSPS) is 18.6. The quantitative estimate of drug-likeness (QED) is 0.483. The number of nitrogens with two attached hydrogens (primary N) is 1. The fourth-order valence-electron chi connectivity index (χ4n) is 2.24. The topological polar surface area (TPSA) is 89.3 Å². The highest BCUT2D eigenvalue weighted by atomic mass is 16.5. The van der Waals surface area contributed by atoms with E-state index in [2.05, 4.69) is 20.4 Å². The van der Waals surface area contributed by atoms with Crippen molar-refractivity contribution in [2.24, 2.45) is 10.7 Å². The van der Waals surface area contributed by atoms with Gasteiger partial charge in [-0.2, -0.15) is 4.98 Å². The molecule has 0 amide bonds. The van der Waals surface area contributed by atoms with Crippen LogP contribution in [-0.2, 0) is 6.54 Å². The van der Waals surface area contributed by atoms with Crippen LogP contribution in [0.5, 0.6) is 0 Å². The Balaban J connectivity index is 1.80.